The standard InChI is InChI=1S/C14H18N4OS.ClH/c1-3-11(10-7-5-4-6-8-10)13-17-18-14(20-13)16-12(19)9(2)15;/h4-9,11H,3,15H2,1-2H3,(H,16,18,19);1H. The molecule has 1 amide bonds. The minimum absolute atomic E-state index is 0. The van der Waals surface area contributed by atoms with Gasteiger partial charge in [-0.05, 0) is 18.9 Å². The summed E-state index contributed by atoms with van der Waals surface area (Å²) in [6.45, 7) is 3.75. The molecule has 0 spiro atoms. The van der Waals surface area contributed by atoms with E-state index in [-0.39, 0.29) is 24.2 Å². The average molecular weight is 327 g/mol. The third-order valence-corrected chi connectivity index (χ3v) is 3.94. The molecule has 0 saturated heterocycles. The van der Waals surface area contributed by atoms with E-state index in [1.165, 1.54) is 16.9 Å². The number of aromatic nitrogens is 2. The predicted octanol–water partition coefficient (Wildman–Crippen LogP) is 2.79. The molecule has 2 rings (SSSR count). The molecule has 7 heteroatoms. The summed E-state index contributed by atoms with van der Waals surface area (Å²) in [7, 11) is 0. The number of nitrogens with zero attached hydrogens (tertiary/aromatic N) is 2. The Labute approximate surface area is 134 Å². The number of anilines is 1. The van der Waals surface area contributed by atoms with Gasteiger partial charge in [0.25, 0.3) is 0 Å². The van der Waals surface area contributed by atoms with Crippen molar-refractivity contribution in [1.29, 1.82) is 0 Å². The van der Waals surface area contributed by atoms with Crippen LogP contribution in [0.25, 0.3) is 0 Å². The van der Waals surface area contributed by atoms with Crippen molar-refractivity contribution < 1.29 is 4.79 Å². The van der Waals surface area contributed by atoms with Crippen molar-refractivity contribution in [3.8, 4) is 0 Å². The van der Waals surface area contributed by atoms with Crippen LogP contribution in [0.4, 0.5) is 5.13 Å². The van der Waals surface area contributed by atoms with Crippen LogP contribution in [0.2, 0.25) is 0 Å². The average Bonchev–Trinajstić information content (AvgIpc) is 2.89. The van der Waals surface area contributed by atoms with Crippen molar-refractivity contribution in [3.63, 3.8) is 0 Å². The summed E-state index contributed by atoms with van der Waals surface area (Å²) in [6, 6.07) is 9.62. The van der Waals surface area contributed by atoms with Gasteiger partial charge < -0.3 is 5.73 Å². The number of carbonyl (C=O) groups is 1. The fourth-order valence-electron chi connectivity index (χ4n) is 1.88. The molecule has 0 aliphatic carbocycles. The van der Waals surface area contributed by atoms with Gasteiger partial charge in [-0.3, -0.25) is 10.1 Å². The molecule has 1 aromatic heterocycles. The van der Waals surface area contributed by atoms with Gasteiger partial charge in [0.05, 0.1) is 6.04 Å². The quantitative estimate of drug-likeness (QED) is 0.885. The van der Waals surface area contributed by atoms with Gasteiger partial charge in [0.15, 0.2) is 0 Å². The molecular formula is C14H19ClN4OS. The molecule has 1 heterocycles. The van der Waals surface area contributed by atoms with Crippen LogP contribution >= 0.6 is 23.7 Å². The van der Waals surface area contributed by atoms with Crippen LogP contribution < -0.4 is 11.1 Å². The molecule has 0 bridgehead atoms. The monoisotopic (exact) mass is 326 g/mol. The van der Waals surface area contributed by atoms with Gasteiger partial charge in [0.1, 0.15) is 5.01 Å². The zero-order chi connectivity index (χ0) is 14.5. The lowest BCUT2D eigenvalue weighted by Crippen LogP contribution is -2.32. The highest BCUT2D eigenvalue weighted by Crippen LogP contribution is 2.31. The number of benzene rings is 1. The molecule has 3 N–H and O–H groups in total. The first kappa shape index (κ1) is 17.6. The van der Waals surface area contributed by atoms with E-state index in [2.05, 4.69) is 34.6 Å². The van der Waals surface area contributed by atoms with Gasteiger partial charge in [-0.15, -0.1) is 22.6 Å². The maximum atomic E-state index is 11.5. The second-order valence-corrected chi connectivity index (χ2v) is 5.60. The fraction of sp³-hybridized carbons (Fsp3) is 0.357. The molecule has 2 unspecified atom stereocenters. The van der Waals surface area contributed by atoms with Crippen LogP contribution in [0.1, 0.15) is 36.8 Å². The first-order valence-electron chi connectivity index (χ1n) is 6.56. The third-order valence-electron chi connectivity index (χ3n) is 2.99. The first-order valence-corrected chi connectivity index (χ1v) is 7.38. The Kier molecular flexibility index (Phi) is 6.74. The lowest BCUT2D eigenvalue weighted by atomic mass is 9.97. The largest absolute Gasteiger partial charge is 0.320 e. The minimum atomic E-state index is -0.557. The molecule has 1 aromatic carbocycles. The van der Waals surface area contributed by atoms with E-state index < -0.39 is 6.04 Å². The van der Waals surface area contributed by atoms with Gasteiger partial charge in [-0.2, -0.15) is 0 Å². The van der Waals surface area contributed by atoms with Crippen LogP contribution in [0.15, 0.2) is 30.3 Å². The Balaban J connectivity index is 0.00000220. The minimum Gasteiger partial charge on any atom is -0.320 e. The number of nitrogens with one attached hydrogen (secondary N) is 1. The molecule has 2 aromatic rings. The molecule has 0 saturated carbocycles. The van der Waals surface area contributed by atoms with E-state index in [1.807, 2.05) is 18.2 Å². The number of amides is 1. The summed E-state index contributed by atoms with van der Waals surface area (Å²) in [5, 5.41) is 12.3. The van der Waals surface area contributed by atoms with Crippen molar-refractivity contribution in [3.05, 3.63) is 40.9 Å². The summed E-state index contributed by atoms with van der Waals surface area (Å²) in [5.74, 6) is -0.0462. The number of halogens is 1. The smallest absolute Gasteiger partial charge is 0.242 e. The van der Waals surface area contributed by atoms with Crippen LogP contribution in [-0.2, 0) is 4.79 Å². The SMILES string of the molecule is CCC(c1ccccc1)c1nnc(NC(=O)C(C)N)s1.Cl. The van der Waals surface area contributed by atoms with Crippen molar-refractivity contribution in [2.24, 2.45) is 5.73 Å². The Morgan fingerprint density at radius 2 is 2.00 bits per heavy atom. The number of nitrogens with two attached hydrogens (primary N) is 1. The van der Waals surface area contributed by atoms with Crippen molar-refractivity contribution in [1.82, 2.24) is 10.2 Å². The highest BCUT2D eigenvalue weighted by molar-refractivity contribution is 7.15. The van der Waals surface area contributed by atoms with E-state index in [1.54, 1.807) is 6.92 Å². The van der Waals surface area contributed by atoms with Crippen LogP contribution in [0.3, 0.4) is 0 Å². The van der Waals surface area contributed by atoms with Crippen LogP contribution in [0.5, 0.6) is 0 Å². The topological polar surface area (TPSA) is 80.9 Å². The molecule has 0 fully saturated rings. The first-order chi connectivity index (χ1) is 9.61. The predicted molar refractivity (Wildman–Crippen MR) is 88.0 cm³/mol. The summed E-state index contributed by atoms with van der Waals surface area (Å²) in [5.41, 5.74) is 6.72. The van der Waals surface area contributed by atoms with E-state index in [9.17, 15) is 4.79 Å². The van der Waals surface area contributed by atoms with Crippen molar-refractivity contribution in [2.75, 3.05) is 5.32 Å². The van der Waals surface area contributed by atoms with Crippen LogP contribution in [0, 0.1) is 0 Å². The molecule has 0 radical (unpaired) electrons. The Morgan fingerprint density at radius 1 is 1.33 bits per heavy atom. The van der Waals surface area contributed by atoms with Gasteiger partial charge in [0.2, 0.25) is 11.0 Å². The molecule has 21 heavy (non-hydrogen) atoms. The van der Waals surface area contributed by atoms with Gasteiger partial charge in [0, 0.05) is 5.92 Å². The maximum Gasteiger partial charge on any atom is 0.242 e. The number of carbonyl (C=O) groups excluding carboxylic acids is 1. The number of rotatable bonds is 5. The molecule has 0 aliphatic rings. The molecule has 5 nitrogen and oxygen atoms in total. The highest BCUT2D eigenvalue weighted by atomic mass is 35.5. The third kappa shape index (κ3) is 4.49. The summed E-state index contributed by atoms with van der Waals surface area (Å²) >= 11 is 1.40. The Morgan fingerprint density at radius 3 is 2.57 bits per heavy atom. The molecule has 114 valence electrons. The van der Waals surface area contributed by atoms with E-state index in [0.717, 1.165) is 11.4 Å². The normalized spacial score (nSPS) is 13.1. The lowest BCUT2D eigenvalue weighted by molar-refractivity contribution is -0.117. The second-order valence-electron chi connectivity index (χ2n) is 4.59. The highest BCUT2D eigenvalue weighted by Gasteiger charge is 2.18. The van der Waals surface area contributed by atoms with Crippen molar-refractivity contribution >= 4 is 34.8 Å². The summed E-state index contributed by atoms with van der Waals surface area (Å²) in [4.78, 5) is 11.5. The second kappa shape index (κ2) is 8.07. The zero-order valence-corrected chi connectivity index (χ0v) is 13.6. The van der Waals surface area contributed by atoms with Gasteiger partial charge >= 0.3 is 0 Å². The van der Waals surface area contributed by atoms with Crippen LogP contribution in [-0.4, -0.2) is 22.1 Å². The number of hydrogen-bond donors (Lipinski definition) is 2. The lowest BCUT2D eigenvalue weighted by Gasteiger charge is -2.11. The van der Waals surface area contributed by atoms with Gasteiger partial charge in [-0.1, -0.05) is 48.6 Å². The maximum absolute atomic E-state index is 11.5. The summed E-state index contributed by atoms with van der Waals surface area (Å²) < 4.78 is 0. The Hall–Kier alpha value is -1.50. The number of hydrogen-bond acceptors (Lipinski definition) is 5. The van der Waals surface area contributed by atoms with E-state index in [0.29, 0.717) is 5.13 Å². The summed E-state index contributed by atoms with van der Waals surface area (Å²) in [6.07, 6.45) is 0.930. The van der Waals surface area contributed by atoms with Crippen molar-refractivity contribution in [2.45, 2.75) is 32.2 Å². The molecule has 0 aliphatic heterocycles. The zero-order valence-electron chi connectivity index (χ0n) is 11.9. The fourth-order valence-corrected chi connectivity index (χ4v) is 2.84. The Bertz CT molecular complexity index is 573. The van der Waals surface area contributed by atoms with Gasteiger partial charge in [-0.25, -0.2) is 0 Å². The van der Waals surface area contributed by atoms with E-state index in [4.69, 9.17) is 5.73 Å². The molecule has 2 atom stereocenters. The van der Waals surface area contributed by atoms with E-state index >= 15 is 0 Å². The molecular weight excluding hydrogens is 308 g/mol.